The molecule has 0 heterocycles. The SMILES string of the molecule is O=S(=O)(NC1CC2CCC1C2)c1ccc(F)cc1Br. The Morgan fingerprint density at radius 2 is 2.05 bits per heavy atom. The Balaban J connectivity index is 1.83. The minimum atomic E-state index is -3.58. The van der Waals surface area contributed by atoms with Gasteiger partial charge in [0.2, 0.25) is 10.0 Å². The standard InChI is InChI=1S/C13H15BrFNO2S/c14-11-7-10(15)3-4-13(11)19(17,18)16-12-6-8-1-2-9(12)5-8/h3-4,7-9,12,16H,1-2,5-6H2. The molecule has 2 saturated carbocycles. The van der Waals surface area contributed by atoms with E-state index in [0.29, 0.717) is 11.8 Å². The zero-order valence-corrected chi connectivity index (χ0v) is 12.7. The molecule has 3 unspecified atom stereocenters. The quantitative estimate of drug-likeness (QED) is 0.913. The molecule has 3 nitrogen and oxygen atoms in total. The molecule has 0 amide bonds. The fraction of sp³-hybridized carbons (Fsp3) is 0.538. The van der Waals surface area contributed by atoms with Crippen molar-refractivity contribution in [3.05, 3.63) is 28.5 Å². The summed E-state index contributed by atoms with van der Waals surface area (Å²) in [6.45, 7) is 0. The Morgan fingerprint density at radius 1 is 1.26 bits per heavy atom. The Bertz CT molecular complexity index is 605. The second kappa shape index (κ2) is 4.82. The van der Waals surface area contributed by atoms with Gasteiger partial charge in [-0.15, -0.1) is 0 Å². The summed E-state index contributed by atoms with van der Waals surface area (Å²) in [4.78, 5) is 0.108. The van der Waals surface area contributed by atoms with Crippen LogP contribution in [0.3, 0.4) is 0 Å². The first-order valence-electron chi connectivity index (χ1n) is 6.43. The minimum absolute atomic E-state index is 0.0423. The lowest BCUT2D eigenvalue weighted by atomic mass is 9.96. The third-order valence-corrected chi connectivity index (χ3v) is 6.69. The van der Waals surface area contributed by atoms with Crippen molar-refractivity contribution in [1.29, 1.82) is 0 Å². The van der Waals surface area contributed by atoms with Crippen LogP contribution in [0.15, 0.2) is 27.6 Å². The summed E-state index contributed by atoms with van der Waals surface area (Å²) in [5, 5.41) is 0. The Kier molecular flexibility index (Phi) is 3.43. The molecule has 0 spiro atoms. The van der Waals surface area contributed by atoms with Crippen molar-refractivity contribution in [1.82, 2.24) is 4.72 Å². The van der Waals surface area contributed by atoms with E-state index in [-0.39, 0.29) is 15.4 Å². The highest BCUT2D eigenvalue weighted by Crippen LogP contribution is 2.45. The van der Waals surface area contributed by atoms with Crippen LogP contribution in [0.5, 0.6) is 0 Å². The molecule has 2 bridgehead atoms. The molecule has 0 aliphatic heterocycles. The second-order valence-corrected chi connectivity index (χ2v) is 8.01. The van der Waals surface area contributed by atoms with Crippen molar-refractivity contribution >= 4 is 26.0 Å². The normalized spacial score (nSPS) is 29.9. The molecular weight excluding hydrogens is 333 g/mol. The van der Waals surface area contributed by atoms with Gasteiger partial charge in [-0.25, -0.2) is 17.5 Å². The van der Waals surface area contributed by atoms with Gasteiger partial charge in [0.05, 0.1) is 4.90 Å². The van der Waals surface area contributed by atoms with Crippen LogP contribution in [0.4, 0.5) is 4.39 Å². The predicted octanol–water partition coefficient (Wildman–Crippen LogP) is 3.06. The van der Waals surface area contributed by atoms with Crippen LogP contribution in [-0.4, -0.2) is 14.5 Å². The minimum Gasteiger partial charge on any atom is -0.208 e. The van der Waals surface area contributed by atoms with Gasteiger partial charge in [-0.1, -0.05) is 6.42 Å². The number of benzene rings is 1. The Hall–Kier alpha value is -0.460. The number of halogens is 2. The van der Waals surface area contributed by atoms with E-state index < -0.39 is 15.8 Å². The fourth-order valence-corrected chi connectivity index (χ4v) is 5.71. The Morgan fingerprint density at radius 3 is 2.63 bits per heavy atom. The van der Waals surface area contributed by atoms with E-state index in [1.165, 1.54) is 24.6 Å². The maximum atomic E-state index is 13.0. The molecule has 2 aliphatic carbocycles. The lowest BCUT2D eigenvalue weighted by Crippen LogP contribution is -2.38. The lowest BCUT2D eigenvalue weighted by molar-refractivity contribution is 0.390. The number of rotatable bonds is 3. The third-order valence-electron chi connectivity index (χ3n) is 4.23. The maximum absolute atomic E-state index is 13.0. The molecule has 1 aromatic carbocycles. The van der Waals surface area contributed by atoms with Gasteiger partial charge in [-0.05, 0) is 65.2 Å². The maximum Gasteiger partial charge on any atom is 0.241 e. The Labute approximate surface area is 120 Å². The zero-order chi connectivity index (χ0) is 13.6. The van der Waals surface area contributed by atoms with Crippen molar-refractivity contribution in [2.24, 2.45) is 11.8 Å². The monoisotopic (exact) mass is 347 g/mol. The molecule has 3 atom stereocenters. The van der Waals surface area contributed by atoms with E-state index >= 15 is 0 Å². The van der Waals surface area contributed by atoms with Crippen LogP contribution in [0.1, 0.15) is 25.7 Å². The van der Waals surface area contributed by atoms with Gasteiger partial charge in [-0.2, -0.15) is 0 Å². The first-order valence-corrected chi connectivity index (χ1v) is 8.71. The van der Waals surface area contributed by atoms with E-state index in [1.807, 2.05) is 0 Å². The van der Waals surface area contributed by atoms with Crippen LogP contribution >= 0.6 is 15.9 Å². The molecule has 19 heavy (non-hydrogen) atoms. The van der Waals surface area contributed by atoms with E-state index in [4.69, 9.17) is 0 Å². The number of hydrogen-bond donors (Lipinski definition) is 1. The van der Waals surface area contributed by atoms with Crippen LogP contribution < -0.4 is 4.72 Å². The molecule has 0 saturated heterocycles. The fourth-order valence-electron chi connectivity index (χ4n) is 3.34. The van der Waals surface area contributed by atoms with Crippen LogP contribution in [0.25, 0.3) is 0 Å². The summed E-state index contributed by atoms with van der Waals surface area (Å²) in [7, 11) is -3.58. The molecule has 6 heteroatoms. The van der Waals surface area contributed by atoms with E-state index in [0.717, 1.165) is 19.3 Å². The first-order chi connectivity index (χ1) is 8.95. The van der Waals surface area contributed by atoms with Gasteiger partial charge in [0.1, 0.15) is 5.82 Å². The molecule has 1 N–H and O–H groups in total. The third kappa shape index (κ3) is 2.58. The number of fused-ring (bicyclic) bond motifs is 2. The zero-order valence-electron chi connectivity index (χ0n) is 10.3. The smallest absolute Gasteiger partial charge is 0.208 e. The number of nitrogens with one attached hydrogen (secondary N) is 1. The van der Waals surface area contributed by atoms with Crippen LogP contribution in [0.2, 0.25) is 0 Å². The predicted molar refractivity (Wildman–Crippen MR) is 73.7 cm³/mol. The lowest BCUT2D eigenvalue weighted by Gasteiger charge is -2.23. The van der Waals surface area contributed by atoms with Crippen LogP contribution in [0, 0.1) is 17.7 Å². The van der Waals surface area contributed by atoms with Gasteiger partial charge in [0.15, 0.2) is 0 Å². The summed E-state index contributed by atoms with van der Waals surface area (Å²) in [5.41, 5.74) is 0. The van der Waals surface area contributed by atoms with Gasteiger partial charge < -0.3 is 0 Å². The molecule has 0 radical (unpaired) electrons. The largest absolute Gasteiger partial charge is 0.241 e. The number of hydrogen-bond acceptors (Lipinski definition) is 2. The van der Waals surface area contributed by atoms with Gasteiger partial charge in [0, 0.05) is 10.5 Å². The average molecular weight is 348 g/mol. The second-order valence-electron chi connectivity index (χ2n) is 5.48. The molecule has 2 aliphatic rings. The topological polar surface area (TPSA) is 46.2 Å². The summed E-state index contributed by atoms with van der Waals surface area (Å²) >= 11 is 3.11. The molecule has 3 rings (SSSR count). The highest BCUT2D eigenvalue weighted by molar-refractivity contribution is 9.10. The summed E-state index contributed by atoms with van der Waals surface area (Å²) in [6.07, 6.45) is 4.41. The van der Waals surface area contributed by atoms with Crippen molar-refractivity contribution < 1.29 is 12.8 Å². The van der Waals surface area contributed by atoms with Crippen molar-refractivity contribution in [2.75, 3.05) is 0 Å². The van der Waals surface area contributed by atoms with Gasteiger partial charge >= 0.3 is 0 Å². The molecule has 2 fully saturated rings. The van der Waals surface area contributed by atoms with Gasteiger partial charge in [-0.3, -0.25) is 0 Å². The molecular formula is C13H15BrFNO2S. The highest BCUT2D eigenvalue weighted by atomic mass is 79.9. The molecule has 104 valence electrons. The first kappa shape index (κ1) is 13.5. The molecule has 0 aromatic heterocycles. The van der Waals surface area contributed by atoms with Crippen molar-refractivity contribution in [3.8, 4) is 0 Å². The van der Waals surface area contributed by atoms with Crippen molar-refractivity contribution in [3.63, 3.8) is 0 Å². The van der Waals surface area contributed by atoms with E-state index in [1.54, 1.807) is 0 Å². The average Bonchev–Trinajstić information content (AvgIpc) is 2.89. The number of sulfonamides is 1. The van der Waals surface area contributed by atoms with Gasteiger partial charge in [0.25, 0.3) is 0 Å². The van der Waals surface area contributed by atoms with E-state index in [2.05, 4.69) is 20.7 Å². The summed E-state index contributed by atoms with van der Waals surface area (Å²) in [5.74, 6) is 0.694. The summed E-state index contributed by atoms with van der Waals surface area (Å²) in [6, 6.07) is 3.69. The van der Waals surface area contributed by atoms with E-state index in [9.17, 15) is 12.8 Å². The van der Waals surface area contributed by atoms with Crippen molar-refractivity contribution in [2.45, 2.75) is 36.6 Å². The van der Waals surface area contributed by atoms with Crippen LogP contribution in [-0.2, 0) is 10.0 Å². The summed E-state index contributed by atoms with van der Waals surface area (Å²) < 4.78 is 40.7. The highest BCUT2D eigenvalue weighted by Gasteiger charge is 2.41. The molecule has 1 aromatic rings.